The van der Waals surface area contributed by atoms with Gasteiger partial charge in [-0.2, -0.15) is 0 Å². The molecule has 0 bridgehead atoms. The van der Waals surface area contributed by atoms with Gasteiger partial charge in [-0.25, -0.2) is 4.79 Å². The Morgan fingerprint density at radius 1 is 1.32 bits per heavy atom. The van der Waals surface area contributed by atoms with Crippen LogP contribution in [0.4, 0.5) is 5.69 Å². The SMILES string of the molecule is CCOC(=O)c1cnc2ccc(Br)cc2c1NCC(C)CNC(C)=O. The maximum atomic E-state index is 12.3. The van der Waals surface area contributed by atoms with E-state index in [9.17, 15) is 9.59 Å². The summed E-state index contributed by atoms with van der Waals surface area (Å²) >= 11 is 3.46. The monoisotopic (exact) mass is 407 g/mol. The number of halogens is 1. The predicted molar refractivity (Wildman–Crippen MR) is 102 cm³/mol. The summed E-state index contributed by atoms with van der Waals surface area (Å²) in [7, 11) is 0. The van der Waals surface area contributed by atoms with Gasteiger partial charge in [-0.3, -0.25) is 9.78 Å². The van der Waals surface area contributed by atoms with E-state index < -0.39 is 5.97 Å². The number of nitrogens with zero attached hydrogens (tertiary/aromatic N) is 1. The van der Waals surface area contributed by atoms with E-state index in [1.165, 1.54) is 13.1 Å². The van der Waals surface area contributed by atoms with Crippen molar-refractivity contribution in [1.29, 1.82) is 0 Å². The molecule has 0 aliphatic heterocycles. The van der Waals surface area contributed by atoms with Crippen molar-refractivity contribution in [3.63, 3.8) is 0 Å². The first kappa shape index (κ1) is 19.2. The van der Waals surface area contributed by atoms with Gasteiger partial charge in [0.1, 0.15) is 5.56 Å². The number of carbonyl (C=O) groups excluding carboxylic acids is 2. The van der Waals surface area contributed by atoms with Gasteiger partial charge < -0.3 is 15.4 Å². The van der Waals surface area contributed by atoms with Crippen molar-refractivity contribution in [3.05, 3.63) is 34.4 Å². The minimum absolute atomic E-state index is 0.0580. The highest BCUT2D eigenvalue weighted by Crippen LogP contribution is 2.29. The molecular weight excluding hydrogens is 386 g/mol. The number of hydrogen-bond donors (Lipinski definition) is 2. The Morgan fingerprint density at radius 2 is 2.08 bits per heavy atom. The van der Waals surface area contributed by atoms with Crippen LogP contribution in [0.2, 0.25) is 0 Å². The van der Waals surface area contributed by atoms with Crippen LogP contribution in [0.5, 0.6) is 0 Å². The van der Waals surface area contributed by atoms with Crippen molar-refractivity contribution < 1.29 is 14.3 Å². The number of pyridine rings is 1. The molecule has 1 amide bonds. The van der Waals surface area contributed by atoms with E-state index in [0.717, 1.165) is 15.4 Å². The third-order valence-electron chi connectivity index (χ3n) is 3.65. The average Bonchev–Trinajstić information content (AvgIpc) is 2.57. The predicted octanol–water partition coefficient (Wildman–Crippen LogP) is 3.36. The smallest absolute Gasteiger partial charge is 0.341 e. The van der Waals surface area contributed by atoms with E-state index in [4.69, 9.17) is 4.74 Å². The molecule has 134 valence electrons. The molecule has 0 aliphatic carbocycles. The highest BCUT2D eigenvalue weighted by molar-refractivity contribution is 9.10. The van der Waals surface area contributed by atoms with Crippen molar-refractivity contribution in [1.82, 2.24) is 10.3 Å². The number of amides is 1. The van der Waals surface area contributed by atoms with Crippen LogP contribution in [0, 0.1) is 5.92 Å². The number of ether oxygens (including phenoxy) is 1. The van der Waals surface area contributed by atoms with Crippen molar-refractivity contribution in [2.45, 2.75) is 20.8 Å². The van der Waals surface area contributed by atoms with E-state index in [-0.39, 0.29) is 11.8 Å². The summed E-state index contributed by atoms with van der Waals surface area (Å²) < 4.78 is 6.05. The Hall–Kier alpha value is -2.15. The normalized spacial score (nSPS) is 11.8. The van der Waals surface area contributed by atoms with Crippen LogP contribution < -0.4 is 10.6 Å². The third-order valence-corrected chi connectivity index (χ3v) is 4.15. The minimum atomic E-state index is -0.408. The molecule has 1 atom stereocenters. The molecule has 2 aromatic rings. The number of benzene rings is 1. The number of anilines is 1. The Bertz CT molecular complexity index is 779. The maximum Gasteiger partial charge on any atom is 0.341 e. The van der Waals surface area contributed by atoms with Crippen LogP contribution in [0.3, 0.4) is 0 Å². The molecule has 0 saturated heterocycles. The summed E-state index contributed by atoms with van der Waals surface area (Å²) in [5.41, 5.74) is 1.88. The second-order valence-corrected chi connectivity index (χ2v) is 6.77. The van der Waals surface area contributed by atoms with Gasteiger partial charge in [-0.05, 0) is 31.0 Å². The second kappa shape index (κ2) is 8.80. The fourth-order valence-corrected chi connectivity index (χ4v) is 2.75. The average molecular weight is 408 g/mol. The van der Waals surface area contributed by atoms with Crippen LogP contribution in [-0.2, 0) is 9.53 Å². The van der Waals surface area contributed by atoms with E-state index >= 15 is 0 Å². The number of aromatic nitrogens is 1. The zero-order valence-corrected chi connectivity index (χ0v) is 16.1. The van der Waals surface area contributed by atoms with Crippen LogP contribution in [0.15, 0.2) is 28.9 Å². The Kier molecular flexibility index (Phi) is 6.75. The van der Waals surface area contributed by atoms with Crippen LogP contribution >= 0.6 is 15.9 Å². The summed E-state index contributed by atoms with van der Waals surface area (Å²) in [4.78, 5) is 27.7. The zero-order chi connectivity index (χ0) is 18.4. The maximum absolute atomic E-state index is 12.3. The van der Waals surface area contributed by atoms with Crippen molar-refractivity contribution in [3.8, 4) is 0 Å². The van der Waals surface area contributed by atoms with Crippen molar-refractivity contribution >= 4 is 44.4 Å². The van der Waals surface area contributed by atoms with Gasteiger partial charge in [0.25, 0.3) is 0 Å². The van der Waals surface area contributed by atoms with Gasteiger partial charge in [0, 0.05) is 36.1 Å². The van der Waals surface area contributed by atoms with Gasteiger partial charge in [0.15, 0.2) is 0 Å². The number of nitrogens with one attached hydrogen (secondary N) is 2. The molecular formula is C18H22BrN3O3. The quantitative estimate of drug-likeness (QED) is 0.687. The lowest BCUT2D eigenvalue weighted by Gasteiger charge is -2.17. The summed E-state index contributed by atoms with van der Waals surface area (Å²) in [5, 5.41) is 6.97. The molecule has 0 radical (unpaired) electrons. The van der Waals surface area contributed by atoms with E-state index in [0.29, 0.717) is 30.9 Å². The molecule has 0 spiro atoms. The molecule has 7 heteroatoms. The standard InChI is InChI=1S/C18H22BrN3O3/c1-4-25-18(24)15-10-21-16-6-5-13(19)7-14(16)17(15)22-9-11(2)8-20-12(3)23/h5-7,10-11H,4,8-9H2,1-3H3,(H,20,23)(H,21,22). The van der Waals surface area contributed by atoms with E-state index in [2.05, 4.69) is 31.5 Å². The van der Waals surface area contributed by atoms with Gasteiger partial charge in [0.05, 0.1) is 17.8 Å². The lowest BCUT2D eigenvalue weighted by molar-refractivity contribution is -0.119. The Morgan fingerprint density at radius 3 is 2.76 bits per heavy atom. The van der Waals surface area contributed by atoms with E-state index in [1.54, 1.807) is 6.92 Å². The molecule has 0 fully saturated rings. The highest BCUT2D eigenvalue weighted by Gasteiger charge is 2.17. The summed E-state index contributed by atoms with van der Waals surface area (Å²) in [6.45, 7) is 6.74. The first-order valence-electron chi connectivity index (χ1n) is 8.16. The molecule has 25 heavy (non-hydrogen) atoms. The molecule has 6 nitrogen and oxygen atoms in total. The second-order valence-electron chi connectivity index (χ2n) is 5.85. The van der Waals surface area contributed by atoms with Crippen LogP contribution in [-0.4, -0.2) is 36.6 Å². The fourth-order valence-electron chi connectivity index (χ4n) is 2.39. The highest BCUT2D eigenvalue weighted by atomic mass is 79.9. The summed E-state index contributed by atoms with van der Waals surface area (Å²) in [5.74, 6) is -0.277. The minimum Gasteiger partial charge on any atom is -0.462 e. The number of fused-ring (bicyclic) bond motifs is 1. The van der Waals surface area contributed by atoms with Crippen molar-refractivity contribution in [2.24, 2.45) is 5.92 Å². The van der Waals surface area contributed by atoms with Gasteiger partial charge in [-0.1, -0.05) is 22.9 Å². The topological polar surface area (TPSA) is 80.3 Å². The van der Waals surface area contributed by atoms with E-state index in [1.807, 2.05) is 25.1 Å². The lowest BCUT2D eigenvalue weighted by atomic mass is 10.1. The fraction of sp³-hybridized carbons (Fsp3) is 0.389. The van der Waals surface area contributed by atoms with Crippen LogP contribution in [0.1, 0.15) is 31.1 Å². The largest absolute Gasteiger partial charge is 0.462 e. The first-order valence-corrected chi connectivity index (χ1v) is 8.95. The Labute approximate surface area is 155 Å². The third kappa shape index (κ3) is 5.16. The molecule has 0 saturated carbocycles. The van der Waals surface area contributed by atoms with Gasteiger partial charge in [-0.15, -0.1) is 0 Å². The molecule has 2 N–H and O–H groups in total. The summed E-state index contributed by atoms with van der Waals surface area (Å²) in [6, 6.07) is 5.72. The van der Waals surface area contributed by atoms with Crippen molar-refractivity contribution in [2.75, 3.05) is 25.0 Å². The first-order chi connectivity index (χ1) is 11.9. The molecule has 1 heterocycles. The number of hydrogen-bond acceptors (Lipinski definition) is 5. The molecule has 2 rings (SSSR count). The van der Waals surface area contributed by atoms with Gasteiger partial charge >= 0.3 is 5.97 Å². The number of rotatable bonds is 7. The van der Waals surface area contributed by atoms with Crippen LogP contribution in [0.25, 0.3) is 10.9 Å². The summed E-state index contributed by atoms with van der Waals surface area (Å²) in [6.07, 6.45) is 1.54. The number of esters is 1. The molecule has 0 aliphatic rings. The van der Waals surface area contributed by atoms with Gasteiger partial charge in [0.2, 0.25) is 5.91 Å². The zero-order valence-electron chi connectivity index (χ0n) is 14.6. The lowest BCUT2D eigenvalue weighted by Crippen LogP contribution is -2.29. The molecule has 1 aromatic heterocycles. The number of carbonyl (C=O) groups is 2. The molecule has 1 unspecified atom stereocenters. The Balaban J connectivity index is 2.32. The molecule has 1 aromatic carbocycles.